The van der Waals surface area contributed by atoms with Gasteiger partial charge in [-0.1, -0.05) is 30.4 Å². The van der Waals surface area contributed by atoms with E-state index in [2.05, 4.69) is 0 Å². The van der Waals surface area contributed by atoms with Crippen molar-refractivity contribution >= 4 is 6.09 Å². The zero-order valence-electron chi connectivity index (χ0n) is 9.28. The third kappa shape index (κ3) is 2.03. The number of benzene rings is 1. The number of nitrogens with zero attached hydrogens (tertiary/aromatic N) is 1. The molecule has 0 radical (unpaired) electrons. The van der Waals surface area contributed by atoms with Gasteiger partial charge in [-0.25, -0.2) is 4.79 Å². The molecule has 1 aromatic rings. The molecular formula is C13H13NO3. The lowest BCUT2D eigenvalue weighted by Gasteiger charge is -2.39. The molecule has 2 aliphatic heterocycles. The molecule has 4 rings (SSSR count). The minimum Gasteiger partial charge on any atom is -0.409 e. The topological polar surface area (TPSA) is 38.8 Å². The van der Waals surface area contributed by atoms with E-state index in [0.717, 1.165) is 12.8 Å². The number of hydroxylamine groups is 2. The summed E-state index contributed by atoms with van der Waals surface area (Å²) in [6, 6.07) is 9.03. The van der Waals surface area contributed by atoms with Gasteiger partial charge in [-0.3, -0.25) is 4.84 Å². The second-order valence-electron chi connectivity index (χ2n) is 4.18. The first kappa shape index (κ1) is 10.4. The van der Waals surface area contributed by atoms with Crippen LogP contribution in [0.2, 0.25) is 0 Å². The Morgan fingerprint density at radius 1 is 1.24 bits per heavy atom. The van der Waals surface area contributed by atoms with E-state index < -0.39 is 6.09 Å². The summed E-state index contributed by atoms with van der Waals surface area (Å²) in [6.45, 7) is 0. The maximum absolute atomic E-state index is 11.9. The van der Waals surface area contributed by atoms with Crippen LogP contribution in [0.15, 0.2) is 42.5 Å². The van der Waals surface area contributed by atoms with Crippen LogP contribution in [0.25, 0.3) is 0 Å². The SMILES string of the molecule is O=C(Oc1ccccc1)N1OC2C=CC1CC2. The Kier molecular flexibility index (Phi) is 2.57. The van der Waals surface area contributed by atoms with E-state index in [1.54, 1.807) is 12.1 Å². The molecule has 0 saturated carbocycles. The summed E-state index contributed by atoms with van der Waals surface area (Å²) in [7, 11) is 0. The Morgan fingerprint density at radius 3 is 2.65 bits per heavy atom. The van der Waals surface area contributed by atoms with E-state index in [4.69, 9.17) is 9.57 Å². The summed E-state index contributed by atoms with van der Waals surface area (Å²) in [5.41, 5.74) is 0. The summed E-state index contributed by atoms with van der Waals surface area (Å²) in [6.07, 6.45) is 5.48. The minimum absolute atomic E-state index is 0.0104. The molecule has 2 atom stereocenters. The molecule has 1 aromatic carbocycles. The highest BCUT2D eigenvalue weighted by molar-refractivity contribution is 5.70. The van der Waals surface area contributed by atoms with Crippen molar-refractivity contribution in [2.45, 2.75) is 25.0 Å². The Labute approximate surface area is 99.4 Å². The number of para-hydroxylation sites is 1. The van der Waals surface area contributed by atoms with Gasteiger partial charge in [-0.2, -0.15) is 5.06 Å². The summed E-state index contributed by atoms with van der Waals surface area (Å²) >= 11 is 0. The van der Waals surface area contributed by atoms with Gasteiger partial charge in [0, 0.05) is 0 Å². The van der Waals surface area contributed by atoms with Gasteiger partial charge in [-0.05, 0) is 25.0 Å². The van der Waals surface area contributed by atoms with Crippen LogP contribution in [0.1, 0.15) is 12.8 Å². The molecule has 1 aliphatic carbocycles. The highest BCUT2D eigenvalue weighted by Crippen LogP contribution is 2.28. The number of hydrogen-bond acceptors (Lipinski definition) is 3. The Balaban J connectivity index is 1.70. The van der Waals surface area contributed by atoms with Gasteiger partial charge in [0.05, 0.1) is 6.04 Å². The predicted molar refractivity (Wildman–Crippen MR) is 61.3 cm³/mol. The molecule has 2 unspecified atom stereocenters. The highest BCUT2D eigenvalue weighted by Gasteiger charge is 2.35. The average molecular weight is 231 g/mol. The molecule has 1 amide bonds. The van der Waals surface area contributed by atoms with Crippen molar-refractivity contribution in [3.8, 4) is 5.75 Å². The number of amides is 1. The monoisotopic (exact) mass is 231 g/mol. The van der Waals surface area contributed by atoms with E-state index in [1.165, 1.54) is 5.06 Å². The third-order valence-electron chi connectivity index (χ3n) is 2.97. The lowest BCUT2D eigenvalue weighted by molar-refractivity contribution is -0.203. The van der Waals surface area contributed by atoms with Crippen molar-refractivity contribution in [3.63, 3.8) is 0 Å². The largest absolute Gasteiger partial charge is 0.440 e. The molecule has 4 nitrogen and oxygen atoms in total. The summed E-state index contributed by atoms with van der Waals surface area (Å²) in [4.78, 5) is 17.4. The lowest BCUT2D eigenvalue weighted by atomic mass is 9.99. The lowest BCUT2D eigenvalue weighted by Crippen LogP contribution is -2.49. The molecule has 17 heavy (non-hydrogen) atoms. The third-order valence-corrected chi connectivity index (χ3v) is 2.97. The van der Waals surface area contributed by atoms with Gasteiger partial charge in [0.1, 0.15) is 11.9 Å². The van der Waals surface area contributed by atoms with Gasteiger partial charge in [0.25, 0.3) is 0 Å². The van der Waals surface area contributed by atoms with Crippen molar-refractivity contribution in [2.75, 3.05) is 0 Å². The van der Waals surface area contributed by atoms with E-state index in [0.29, 0.717) is 5.75 Å². The number of fused-ring (bicyclic) bond motifs is 2. The van der Waals surface area contributed by atoms with E-state index in [1.807, 2.05) is 30.4 Å². The smallest absolute Gasteiger partial charge is 0.409 e. The average Bonchev–Trinajstić information content (AvgIpc) is 2.41. The van der Waals surface area contributed by atoms with Crippen LogP contribution in [-0.2, 0) is 4.84 Å². The number of ether oxygens (including phenoxy) is 1. The Bertz CT molecular complexity index is 443. The van der Waals surface area contributed by atoms with Crippen LogP contribution in [0.5, 0.6) is 5.75 Å². The van der Waals surface area contributed by atoms with Gasteiger partial charge in [0.15, 0.2) is 0 Å². The van der Waals surface area contributed by atoms with E-state index in [-0.39, 0.29) is 12.1 Å². The standard InChI is InChI=1S/C13H13NO3/c15-13(16-11-4-2-1-3-5-11)14-10-6-8-12(17-14)9-7-10/h1-6,8,10,12H,7,9H2. The number of hydrogen-bond donors (Lipinski definition) is 0. The van der Waals surface area contributed by atoms with Crippen molar-refractivity contribution in [3.05, 3.63) is 42.5 Å². The van der Waals surface area contributed by atoms with Crippen LogP contribution in [0.4, 0.5) is 4.79 Å². The number of carbonyl (C=O) groups excluding carboxylic acids is 1. The van der Waals surface area contributed by atoms with Crippen LogP contribution < -0.4 is 4.74 Å². The quantitative estimate of drug-likeness (QED) is 0.697. The van der Waals surface area contributed by atoms with Crippen LogP contribution in [0.3, 0.4) is 0 Å². The second kappa shape index (κ2) is 4.22. The molecule has 2 bridgehead atoms. The fourth-order valence-electron chi connectivity index (χ4n) is 2.10. The minimum atomic E-state index is -0.449. The van der Waals surface area contributed by atoms with E-state index in [9.17, 15) is 4.79 Å². The summed E-state index contributed by atoms with van der Waals surface area (Å²) in [5.74, 6) is 0.534. The first-order valence-corrected chi connectivity index (χ1v) is 5.74. The first-order chi connectivity index (χ1) is 8.33. The molecule has 88 valence electrons. The summed E-state index contributed by atoms with van der Waals surface area (Å²) < 4.78 is 5.23. The fourth-order valence-corrected chi connectivity index (χ4v) is 2.10. The predicted octanol–water partition coefficient (Wildman–Crippen LogP) is 2.52. The number of carbonyl (C=O) groups is 1. The molecule has 0 aromatic heterocycles. The summed E-state index contributed by atoms with van der Waals surface area (Å²) in [5, 5.41) is 1.33. The fraction of sp³-hybridized carbons (Fsp3) is 0.308. The molecule has 4 heteroatoms. The molecule has 2 heterocycles. The highest BCUT2D eigenvalue weighted by atomic mass is 16.7. The van der Waals surface area contributed by atoms with Crippen LogP contribution in [0, 0.1) is 0 Å². The maximum atomic E-state index is 11.9. The Morgan fingerprint density at radius 2 is 2.06 bits per heavy atom. The van der Waals surface area contributed by atoms with Crippen LogP contribution >= 0.6 is 0 Å². The second-order valence-corrected chi connectivity index (χ2v) is 4.18. The van der Waals surface area contributed by atoms with Crippen molar-refractivity contribution < 1.29 is 14.4 Å². The van der Waals surface area contributed by atoms with Crippen LogP contribution in [-0.4, -0.2) is 23.3 Å². The van der Waals surface area contributed by atoms with Gasteiger partial charge in [-0.15, -0.1) is 0 Å². The zero-order valence-corrected chi connectivity index (χ0v) is 9.28. The molecule has 0 N–H and O–H groups in total. The maximum Gasteiger partial charge on any atom is 0.440 e. The first-order valence-electron chi connectivity index (χ1n) is 5.74. The van der Waals surface area contributed by atoms with Crippen molar-refractivity contribution in [1.29, 1.82) is 0 Å². The molecule has 1 fully saturated rings. The number of rotatable bonds is 1. The Hall–Kier alpha value is -1.81. The normalized spacial score (nSPS) is 26.0. The van der Waals surface area contributed by atoms with Gasteiger partial charge in [0.2, 0.25) is 0 Å². The van der Waals surface area contributed by atoms with E-state index >= 15 is 0 Å². The molecule has 0 spiro atoms. The molecular weight excluding hydrogens is 218 g/mol. The van der Waals surface area contributed by atoms with Gasteiger partial charge < -0.3 is 4.74 Å². The van der Waals surface area contributed by atoms with Crippen molar-refractivity contribution in [2.24, 2.45) is 0 Å². The van der Waals surface area contributed by atoms with Crippen molar-refractivity contribution in [1.82, 2.24) is 5.06 Å². The zero-order chi connectivity index (χ0) is 11.7. The molecule has 1 saturated heterocycles. The van der Waals surface area contributed by atoms with Gasteiger partial charge >= 0.3 is 6.09 Å². The molecule has 3 aliphatic rings.